The standard InChI is InChI=1S/C29H37N3O5/c1-20(2)19-32-27(35)29(30-28(32)36)14-16-31(17-15-29)25(13-10-21-8-11-23(37-3)12-9-21)24-7-5-4-6-22(24)18-26(33)34/h4-9,11-12,20,25H,10,13-19H2,1-3H3,(H,30,36)(H,33,34). The molecule has 1 spiro atoms. The number of urea groups is 1. The molecule has 2 aliphatic rings. The summed E-state index contributed by atoms with van der Waals surface area (Å²) in [5, 5.41) is 12.5. The number of amides is 3. The largest absolute Gasteiger partial charge is 0.497 e. The van der Waals surface area contributed by atoms with Gasteiger partial charge in [0.2, 0.25) is 0 Å². The number of aryl methyl sites for hydroxylation is 1. The highest BCUT2D eigenvalue weighted by Gasteiger charge is 2.52. The number of hydrogen-bond donors (Lipinski definition) is 2. The van der Waals surface area contributed by atoms with E-state index in [1.807, 2.05) is 50.2 Å². The van der Waals surface area contributed by atoms with Crippen LogP contribution in [-0.4, -0.2) is 65.1 Å². The Kier molecular flexibility index (Phi) is 8.17. The Morgan fingerprint density at radius 2 is 1.76 bits per heavy atom. The summed E-state index contributed by atoms with van der Waals surface area (Å²) in [6, 6.07) is 15.5. The topological polar surface area (TPSA) is 99.2 Å². The van der Waals surface area contributed by atoms with E-state index in [9.17, 15) is 19.5 Å². The third-order valence-corrected chi connectivity index (χ3v) is 7.51. The minimum absolute atomic E-state index is 0.00558. The van der Waals surface area contributed by atoms with Gasteiger partial charge in [0.1, 0.15) is 11.3 Å². The van der Waals surface area contributed by atoms with Crippen molar-refractivity contribution in [3.63, 3.8) is 0 Å². The van der Waals surface area contributed by atoms with E-state index in [4.69, 9.17) is 4.74 Å². The van der Waals surface area contributed by atoms with Gasteiger partial charge < -0.3 is 15.2 Å². The van der Waals surface area contributed by atoms with E-state index in [0.717, 1.165) is 29.7 Å². The number of methoxy groups -OCH3 is 1. The van der Waals surface area contributed by atoms with Gasteiger partial charge >= 0.3 is 12.0 Å². The van der Waals surface area contributed by atoms with Crippen molar-refractivity contribution in [2.24, 2.45) is 5.92 Å². The number of ether oxygens (including phenoxy) is 1. The zero-order chi connectivity index (χ0) is 26.6. The SMILES string of the molecule is COc1ccc(CCC(c2ccccc2CC(=O)O)N2CCC3(CC2)NC(=O)N(CC(C)C)C3=O)cc1. The molecule has 2 aliphatic heterocycles. The quantitative estimate of drug-likeness (QED) is 0.471. The molecule has 8 heteroatoms. The van der Waals surface area contributed by atoms with Crippen molar-refractivity contribution in [2.45, 2.75) is 57.5 Å². The number of nitrogens with one attached hydrogen (secondary N) is 1. The summed E-state index contributed by atoms with van der Waals surface area (Å²) in [6.45, 7) is 5.68. The van der Waals surface area contributed by atoms with Crippen LogP contribution in [0.3, 0.4) is 0 Å². The van der Waals surface area contributed by atoms with E-state index in [-0.39, 0.29) is 30.3 Å². The van der Waals surface area contributed by atoms with E-state index < -0.39 is 11.5 Å². The molecule has 37 heavy (non-hydrogen) atoms. The molecule has 198 valence electrons. The van der Waals surface area contributed by atoms with Crippen LogP contribution in [0.5, 0.6) is 5.75 Å². The molecule has 4 rings (SSSR count). The summed E-state index contributed by atoms with van der Waals surface area (Å²) in [7, 11) is 1.65. The molecule has 0 aromatic heterocycles. The molecule has 2 saturated heterocycles. The Bertz CT molecular complexity index is 1120. The zero-order valence-corrected chi connectivity index (χ0v) is 21.9. The second-order valence-corrected chi connectivity index (χ2v) is 10.5. The van der Waals surface area contributed by atoms with E-state index in [2.05, 4.69) is 22.3 Å². The third-order valence-electron chi connectivity index (χ3n) is 7.51. The molecule has 0 radical (unpaired) electrons. The van der Waals surface area contributed by atoms with Gasteiger partial charge in [0.05, 0.1) is 13.5 Å². The zero-order valence-electron chi connectivity index (χ0n) is 21.9. The normalized spacial score (nSPS) is 18.3. The number of carboxylic acids is 1. The molecule has 2 aromatic carbocycles. The molecule has 1 atom stereocenters. The Labute approximate surface area is 218 Å². The Balaban J connectivity index is 1.54. The van der Waals surface area contributed by atoms with Crippen molar-refractivity contribution < 1.29 is 24.2 Å². The Morgan fingerprint density at radius 3 is 2.38 bits per heavy atom. The van der Waals surface area contributed by atoms with Gasteiger partial charge in [-0.15, -0.1) is 0 Å². The summed E-state index contributed by atoms with van der Waals surface area (Å²) in [5.41, 5.74) is 2.15. The first-order chi connectivity index (χ1) is 17.7. The Morgan fingerprint density at radius 1 is 1.08 bits per heavy atom. The number of hydrogen-bond acceptors (Lipinski definition) is 5. The number of benzene rings is 2. The van der Waals surface area contributed by atoms with Crippen molar-refractivity contribution >= 4 is 17.9 Å². The van der Waals surface area contributed by atoms with Crippen LogP contribution in [0.4, 0.5) is 4.79 Å². The van der Waals surface area contributed by atoms with Crippen LogP contribution in [0.2, 0.25) is 0 Å². The number of imide groups is 1. The molecule has 8 nitrogen and oxygen atoms in total. The highest BCUT2D eigenvalue weighted by molar-refractivity contribution is 6.07. The van der Waals surface area contributed by atoms with Gasteiger partial charge in [-0.2, -0.15) is 0 Å². The number of carbonyl (C=O) groups excluding carboxylic acids is 2. The van der Waals surface area contributed by atoms with Gasteiger partial charge in [-0.1, -0.05) is 50.2 Å². The predicted molar refractivity (Wildman–Crippen MR) is 140 cm³/mol. The molecule has 2 heterocycles. The Hall–Kier alpha value is -3.39. The lowest BCUT2D eigenvalue weighted by atomic mass is 9.84. The lowest BCUT2D eigenvalue weighted by molar-refractivity contribution is -0.136. The average molecular weight is 508 g/mol. The van der Waals surface area contributed by atoms with Crippen molar-refractivity contribution in [2.75, 3.05) is 26.7 Å². The number of rotatable bonds is 10. The van der Waals surface area contributed by atoms with Crippen LogP contribution in [0, 0.1) is 5.92 Å². The lowest BCUT2D eigenvalue weighted by Crippen LogP contribution is -2.55. The van der Waals surface area contributed by atoms with E-state index >= 15 is 0 Å². The van der Waals surface area contributed by atoms with Gasteiger partial charge in [-0.3, -0.25) is 19.4 Å². The molecule has 0 saturated carbocycles. The molecular formula is C29H37N3O5. The summed E-state index contributed by atoms with van der Waals surface area (Å²) in [4.78, 5) is 41.2. The molecule has 1 unspecified atom stereocenters. The number of carboxylic acid groups (broad SMARTS) is 1. The highest BCUT2D eigenvalue weighted by Crippen LogP contribution is 2.36. The van der Waals surface area contributed by atoms with E-state index in [0.29, 0.717) is 32.5 Å². The number of aliphatic carboxylic acids is 1. The molecule has 3 amide bonds. The van der Waals surface area contributed by atoms with Gasteiger partial charge in [-0.25, -0.2) is 4.79 Å². The second kappa shape index (κ2) is 11.3. The molecule has 2 fully saturated rings. The molecule has 0 bridgehead atoms. The smallest absolute Gasteiger partial charge is 0.325 e. The monoisotopic (exact) mass is 507 g/mol. The fraction of sp³-hybridized carbons (Fsp3) is 0.483. The van der Waals surface area contributed by atoms with E-state index in [1.54, 1.807) is 7.11 Å². The number of carbonyl (C=O) groups is 3. The minimum Gasteiger partial charge on any atom is -0.497 e. The first-order valence-corrected chi connectivity index (χ1v) is 13.0. The summed E-state index contributed by atoms with van der Waals surface area (Å²) in [6.07, 6.45) is 2.65. The van der Waals surface area contributed by atoms with Crippen LogP contribution in [0.15, 0.2) is 48.5 Å². The van der Waals surface area contributed by atoms with Crippen molar-refractivity contribution in [1.29, 1.82) is 0 Å². The predicted octanol–water partition coefficient (Wildman–Crippen LogP) is 4.04. The van der Waals surface area contributed by atoms with Gasteiger partial charge in [0, 0.05) is 25.7 Å². The van der Waals surface area contributed by atoms with Gasteiger partial charge in [0.15, 0.2) is 0 Å². The maximum absolute atomic E-state index is 13.3. The first-order valence-electron chi connectivity index (χ1n) is 13.0. The first kappa shape index (κ1) is 26.7. The average Bonchev–Trinajstić information content (AvgIpc) is 3.09. The summed E-state index contributed by atoms with van der Waals surface area (Å²) < 4.78 is 5.28. The van der Waals surface area contributed by atoms with Crippen molar-refractivity contribution in [3.8, 4) is 5.75 Å². The van der Waals surface area contributed by atoms with Crippen LogP contribution >= 0.6 is 0 Å². The third kappa shape index (κ3) is 5.96. The van der Waals surface area contributed by atoms with Crippen LogP contribution in [0.1, 0.15) is 55.8 Å². The molecular weight excluding hydrogens is 470 g/mol. The summed E-state index contributed by atoms with van der Waals surface area (Å²) >= 11 is 0. The van der Waals surface area contributed by atoms with Gasteiger partial charge in [0.25, 0.3) is 5.91 Å². The maximum Gasteiger partial charge on any atom is 0.325 e. The molecule has 0 aliphatic carbocycles. The summed E-state index contributed by atoms with van der Waals surface area (Å²) in [5.74, 6) is 0.0385. The lowest BCUT2D eigenvalue weighted by Gasteiger charge is -2.42. The van der Waals surface area contributed by atoms with Crippen LogP contribution in [0.25, 0.3) is 0 Å². The fourth-order valence-corrected chi connectivity index (χ4v) is 5.58. The van der Waals surface area contributed by atoms with Gasteiger partial charge in [-0.05, 0) is 60.4 Å². The van der Waals surface area contributed by atoms with Crippen molar-refractivity contribution in [1.82, 2.24) is 15.1 Å². The highest BCUT2D eigenvalue weighted by atomic mass is 16.5. The fourth-order valence-electron chi connectivity index (χ4n) is 5.58. The number of piperidine rings is 1. The molecule has 2 N–H and O–H groups in total. The van der Waals surface area contributed by atoms with Crippen LogP contribution < -0.4 is 10.1 Å². The minimum atomic E-state index is -0.858. The molecule has 2 aromatic rings. The number of nitrogens with zero attached hydrogens (tertiary/aromatic N) is 2. The number of likely N-dealkylation sites (tertiary alicyclic amines) is 1. The van der Waals surface area contributed by atoms with Crippen LogP contribution in [-0.2, 0) is 22.4 Å². The maximum atomic E-state index is 13.3. The van der Waals surface area contributed by atoms with E-state index in [1.165, 1.54) is 10.5 Å². The van der Waals surface area contributed by atoms with Crippen molar-refractivity contribution in [3.05, 3.63) is 65.2 Å². The second-order valence-electron chi connectivity index (χ2n) is 10.5.